The van der Waals surface area contributed by atoms with Crippen LogP contribution in [0.5, 0.6) is 0 Å². The van der Waals surface area contributed by atoms with Gasteiger partial charge in [0.1, 0.15) is 17.7 Å². The number of hydrogen-bond donors (Lipinski definition) is 3. The summed E-state index contributed by atoms with van der Waals surface area (Å²) in [6, 6.07) is 18.7. The molecule has 0 aliphatic heterocycles. The molecule has 12 heteroatoms. The Bertz CT molecular complexity index is 1800. The molecule has 1 amide bonds. The zero-order valence-electron chi connectivity index (χ0n) is 20.3. The van der Waals surface area contributed by atoms with E-state index < -0.39 is 15.1 Å². The van der Waals surface area contributed by atoms with Crippen molar-refractivity contribution >= 4 is 44.6 Å². The summed E-state index contributed by atoms with van der Waals surface area (Å²) < 4.78 is 34.9. The number of anilines is 2. The molecular weight excluding hydrogens is 523 g/mol. The number of fused-ring (bicyclic) bond motifs is 1. The third-order valence-corrected chi connectivity index (χ3v) is 6.83. The second-order valence-corrected chi connectivity index (χ2v) is 10.0. The van der Waals surface area contributed by atoms with E-state index in [2.05, 4.69) is 25.3 Å². The zero-order valence-corrected chi connectivity index (χ0v) is 21.1. The fourth-order valence-electron chi connectivity index (χ4n) is 3.97. The molecule has 196 valence electrons. The van der Waals surface area contributed by atoms with E-state index >= 15 is 0 Å². The molecule has 5 rings (SSSR count). The van der Waals surface area contributed by atoms with Crippen molar-refractivity contribution in [2.75, 3.05) is 11.1 Å². The van der Waals surface area contributed by atoms with Crippen LogP contribution in [0.2, 0.25) is 0 Å². The Morgan fingerprint density at radius 1 is 0.949 bits per heavy atom. The summed E-state index contributed by atoms with van der Waals surface area (Å²) >= 11 is 0. The topological polar surface area (TPSA) is 161 Å². The SMILES string of the molecule is Nc1ncnc2nc(-c3ccc(C(=O)c4cccc(NC(=O)CCc5ccc(S(=O)(=O)F)cc5)c4)cc3)[nH]c12. The van der Waals surface area contributed by atoms with Crippen molar-refractivity contribution in [3.05, 3.63) is 95.8 Å². The second kappa shape index (κ2) is 10.4. The molecule has 0 atom stereocenters. The smallest absolute Gasteiger partial charge is 0.332 e. The van der Waals surface area contributed by atoms with Gasteiger partial charge in [-0.1, -0.05) is 48.5 Å². The number of carbonyl (C=O) groups is 2. The van der Waals surface area contributed by atoms with Crippen molar-refractivity contribution in [2.24, 2.45) is 0 Å². The molecule has 4 N–H and O–H groups in total. The molecule has 2 aromatic heterocycles. The maximum absolute atomic E-state index is 13.1. The van der Waals surface area contributed by atoms with E-state index in [0.29, 0.717) is 51.6 Å². The van der Waals surface area contributed by atoms with Crippen molar-refractivity contribution in [1.82, 2.24) is 19.9 Å². The first kappa shape index (κ1) is 25.7. The van der Waals surface area contributed by atoms with Crippen molar-refractivity contribution in [3.63, 3.8) is 0 Å². The van der Waals surface area contributed by atoms with E-state index in [1.807, 2.05) is 0 Å². The standard InChI is InChI=1S/C27H21FN6O4S/c28-39(37,38)21-11-4-16(5-12-21)6-13-22(35)32-20-3-1-2-19(14-20)24(36)17-7-9-18(10-8-17)26-33-23-25(29)30-15-31-27(23)34-26/h1-5,7-12,14-15H,6,13H2,(H,32,35)(H3,29,30,31,33,34). The third kappa shape index (κ3) is 5.80. The molecule has 10 nitrogen and oxygen atoms in total. The lowest BCUT2D eigenvalue weighted by Gasteiger charge is -2.08. The number of halogens is 1. The van der Waals surface area contributed by atoms with E-state index in [1.54, 1.807) is 48.5 Å². The molecule has 0 bridgehead atoms. The number of aromatic amines is 1. The number of ketones is 1. The number of nitrogens with zero attached hydrogens (tertiary/aromatic N) is 3. The van der Waals surface area contributed by atoms with Gasteiger partial charge in [-0.05, 0) is 36.2 Å². The molecule has 0 aliphatic rings. The van der Waals surface area contributed by atoms with E-state index in [-0.39, 0.29) is 18.1 Å². The van der Waals surface area contributed by atoms with Gasteiger partial charge in [0.2, 0.25) is 5.91 Å². The Labute approximate surface area is 222 Å². The summed E-state index contributed by atoms with van der Waals surface area (Å²) in [5, 5.41) is 2.76. The van der Waals surface area contributed by atoms with Crippen LogP contribution in [0.3, 0.4) is 0 Å². The van der Waals surface area contributed by atoms with Gasteiger partial charge in [0.15, 0.2) is 17.2 Å². The van der Waals surface area contributed by atoms with Gasteiger partial charge in [0.25, 0.3) is 0 Å². The number of rotatable bonds is 8. The quantitative estimate of drug-likeness (QED) is 0.195. The van der Waals surface area contributed by atoms with Gasteiger partial charge in [-0.25, -0.2) is 15.0 Å². The average Bonchev–Trinajstić information content (AvgIpc) is 3.37. The van der Waals surface area contributed by atoms with E-state index in [9.17, 15) is 21.9 Å². The Hall–Kier alpha value is -4.97. The highest BCUT2D eigenvalue weighted by Crippen LogP contribution is 2.23. The average molecular weight is 545 g/mol. The van der Waals surface area contributed by atoms with E-state index in [1.165, 1.54) is 18.5 Å². The lowest BCUT2D eigenvalue weighted by Crippen LogP contribution is -2.13. The first-order valence-electron chi connectivity index (χ1n) is 11.7. The zero-order chi connectivity index (χ0) is 27.6. The fraction of sp³-hybridized carbons (Fsp3) is 0.0741. The Morgan fingerprint density at radius 3 is 2.38 bits per heavy atom. The van der Waals surface area contributed by atoms with Crippen LogP contribution in [0, 0.1) is 0 Å². The molecule has 0 saturated heterocycles. The predicted molar refractivity (Wildman–Crippen MR) is 143 cm³/mol. The molecule has 2 heterocycles. The van der Waals surface area contributed by atoms with Crippen LogP contribution in [0.4, 0.5) is 15.4 Å². The van der Waals surface area contributed by atoms with Gasteiger partial charge in [0.05, 0.1) is 4.90 Å². The molecule has 0 radical (unpaired) electrons. The molecule has 0 aliphatic carbocycles. The van der Waals surface area contributed by atoms with Crippen LogP contribution >= 0.6 is 0 Å². The van der Waals surface area contributed by atoms with Crippen molar-refractivity contribution in [2.45, 2.75) is 17.7 Å². The number of carbonyl (C=O) groups excluding carboxylic acids is 2. The van der Waals surface area contributed by atoms with Crippen LogP contribution in [0.1, 0.15) is 27.9 Å². The predicted octanol–water partition coefficient (Wildman–Crippen LogP) is 4.06. The molecule has 0 fully saturated rings. The molecular formula is C27H21FN6O4S. The summed E-state index contributed by atoms with van der Waals surface area (Å²) in [5.74, 6) is 0.328. The molecule has 0 saturated carbocycles. The highest BCUT2D eigenvalue weighted by Gasteiger charge is 2.14. The number of nitrogens with two attached hydrogens (primary N) is 1. The number of aromatic nitrogens is 4. The largest absolute Gasteiger partial charge is 0.382 e. The first-order chi connectivity index (χ1) is 18.7. The number of nitrogens with one attached hydrogen (secondary N) is 2. The molecule has 5 aromatic rings. The molecule has 39 heavy (non-hydrogen) atoms. The Morgan fingerprint density at radius 2 is 1.69 bits per heavy atom. The summed E-state index contributed by atoms with van der Waals surface area (Å²) in [5.41, 5.74) is 9.58. The number of amides is 1. The highest BCUT2D eigenvalue weighted by molar-refractivity contribution is 7.86. The summed E-state index contributed by atoms with van der Waals surface area (Å²) in [7, 11) is -4.76. The van der Waals surface area contributed by atoms with Gasteiger partial charge in [0, 0.05) is 28.8 Å². The third-order valence-electron chi connectivity index (χ3n) is 5.99. The molecule has 0 unspecified atom stereocenters. The summed E-state index contributed by atoms with van der Waals surface area (Å²) in [6.45, 7) is 0. The minimum Gasteiger partial charge on any atom is -0.382 e. The number of aryl methyl sites for hydroxylation is 1. The minimum absolute atomic E-state index is 0.111. The van der Waals surface area contributed by atoms with Crippen LogP contribution in [-0.4, -0.2) is 40.0 Å². The van der Waals surface area contributed by atoms with Gasteiger partial charge in [-0.15, -0.1) is 3.89 Å². The van der Waals surface area contributed by atoms with Crippen molar-refractivity contribution in [3.8, 4) is 11.4 Å². The van der Waals surface area contributed by atoms with Gasteiger partial charge >= 0.3 is 10.2 Å². The lowest BCUT2D eigenvalue weighted by atomic mass is 10.0. The summed E-state index contributed by atoms with van der Waals surface area (Å²) in [6.07, 6.45) is 1.78. The normalized spacial score (nSPS) is 11.4. The fourth-order valence-corrected chi connectivity index (χ4v) is 4.43. The number of benzene rings is 3. The number of H-pyrrole nitrogens is 1. The van der Waals surface area contributed by atoms with Crippen LogP contribution in [0.15, 0.2) is 84.0 Å². The maximum Gasteiger partial charge on any atom is 0.332 e. The summed E-state index contributed by atoms with van der Waals surface area (Å²) in [4.78, 5) is 40.6. The maximum atomic E-state index is 13.1. The monoisotopic (exact) mass is 544 g/mol. The molecule has 3 aromatic carbocycles. The van der Waals surface area contributed by atoms with Crippen molar-refractivity contribution < 1.29 is 21.9 Å². The number of hydrogen-bond acceptors (Lipinski definition) is 8. The molecule has 0 spiro atoms. The van der Waals surface area contributed by atoms with E-state index in [0.717, 1.165) is 17.7 Å². The van der Waals surface area contributed by atoms with Gasteiger partial charge in [-0.3, -0.25) is 9.59 Å². The van der Waals surface area contributed by atoms with Crippen LogP contribution < -0.4 is 11.1 Å². The van der Waals surface area contributed by atoms with Crippen molar-refractivity contribution in [1.29, 1.82) is 0 Å². The Kier molecular flexibility index (Phi) is 6.86. The first-order valence-corrected chi connectivity index (χ1v) is 13.1. The number of nitrogen functional groups attached to an aromatic ring is 1. The minimum atomic E-state index is -4.76. The Balaban J connectivity index is 1.23. The van der Waals surface area contributed by atoms with Gasteiger partial charge < -0.3 is 16.0 Å². The lowest BCUT2D eigenvalue weighted by molar-refractivity contribution is -0.116. The van der Waals surface area contributed by atoms with Crippen LogP contribution in [-0.2, 0) is 21.4 Å². The number of imidazole rings is 1. The van der Waals surface area contributed by atoms with Gasteiger partial charge in [-0.2, -0.15) is 8.42 Å². The van der Waals surface area contributed by atoms with E-state index in [4.69, 9.17) is 5.73 Å². The highest BCUT2D eigenvalue weighted by atomic mass is 32.3. The second-order valence-electron chi connectivity index (χ2n) is 8.66. The van der Waals surface area contributed by atoms with Crippen LogP contribution in [0.25, 0.3) is 22.6 Å².